The fourth-order valence-corrected chi connectivity index (χ4v) is 3.80. The second-order valence-corrected chi connectivity index (χ2v) is 7.55. The quantitative estimate of drug-likeness (QED) is 0.562. The summed E-state index contributed by atoms with van der Waals surface area (Å²) in [7, 11) is -2.66. The van der Waals surface area contributed by atoms with E-state index in [1.165, 1.54) is 7.11 Å². The molecule has 1 N–H and O–H groups in total. The Kier molecular flexibility index (Phi) is 6.23. The summed E-state index contributed by atoms with van der Waals surface area (Å²) in [5.74, 6) is -0.105. The Morgan fingerprint density at radius 1 is 1.20 bits per heavy atom. The molecule has 0 atom stereocenters. The second-order valence-electron chi connectivity index (χ2n) is 4.98. The van der Waals surface area contributed by atoms with Crippen LogP contribution in [-0.2, 0) is 16.4 Å². The standard InChI is InChI=1S/C15H14Cl2N2O5S/c1-24-14-9-12(19(20)21)4-5-15(14)25(22,23)18-7-6-10-2-3-11(16)8-13(10)17/h2-5,8-9,18H,6-7H2,1H3. The van der Waals surface area contributed by atoms with E-state index in [0.29, 0.717) is 16.5 Å². The van der Waals surface area contributed by atoms with Gasteiger partial charge in [-0.25, -0.2) is 13.1 Å². The van der Waals surface area contributed by atoms with Gasteiger partial charge in [0.1, 0.15) is 10.6 Å². The van der Waals surface area contributed by atoms with Crippen molar-refractivity contribution in [3.05, 3.63) is 62.1 Å². The number of ether oxygens (including phenoxy) is 1. The van der Waals surface area contributed by atoms with Gasteiger partial charge in [-0.2, -0.15) is 0 Å². The average Bonchev–Trinajstić information content (AvgIpc) is 2.56. The van der Waals surface area contributed by atoms with Crippen LogP contribution in [0.5, 0.6) is 5.75 Å². The van der Waals surface area contributed by atoms with Crippen LogP contribution in [0, 0.1) is 10.1 Å². The molecule has 0 radical (unpaired) electrons. The Hall–Kier alpha value is -1.87. The van der Waals surface area contributed by atoms with E-state index in [-0.39, 0.29) is 22.9 Å². The third kappa shape index (κ3) is 4.82. The zero-order valence-corrected chi connectivity index (χ0v) is 15.4. The first kappa shape index (κ1) is 19.5. The van der Waals surface area contributed by atoms with Crippen molar-refractivity contribution in [1.29, 1.82) is 0 Å². The summed E-state index contributed by atoms with van der Waals surface area (Å²) >= 11 is 11.9. The van der Waals surface area contributed by atoms with Crippen molar-refractivity contribution in [1.82, 2.24) is 4.72 Å². The molecular formula is C15H14Cl2N2O5S. The molecular weight excluding hydrogens is 391 g/mol. The maximum atomic E-state index is 12.4. The molecule has 25 heavy (non-hydrogen) atoms. The highest BCUT2D eigenvalue weighted by atomic mass is 35.5. The summed E-state index contributed by atoms with van der Waals surface area (Å²) in [6, 6.07) is 8.25. The summed E-state index contributed by atoms with van der Waals surface area (Å²) < 4.78 is 32.2. The lowest BCUT2D eigenvalue weighted by molar-refractivity contribution is -0.385. The van der Waals surface area contributed by atoms with Crippen molar-refractivity contribution in [2.75, 3.05) is 13.7 Å². The fraction of sp³-hybridized carbons (Fsp3) is 0.200. The molecule has 0 aliphatic heterocycles. The van der Waals surface area contributed by atoms with Crippen LogP contribution in [-0.4, -0.2) is 27.0 Å². The van der Waals surface area contributed by atoms with E-state index in [1.807, 2.05) is 0 Å². The lowest BCUT2D eigenvalue weighted by atomic mass is 10.1. The average molecular weight is 405 g/mol. The summed E-state index contributed by atoms with van der Waals surface area (Å²) in [5.41, 5.74) is 0.480. The zero-order valence-electron chi connectivity index (χ0n) is 13.0. The maximum absolute atomic E-state index is 12.4. The number of nitrogens with one attached hydrogen (secondary N) is 1. The zero-order chi connectivity index (χ0) is 18.6. The third-order valence-corrected chi connectivity index (χ3v) is 5.44. The molecule has 134 valence electrons. The van der Waals surface area contributed by atoms with E-state index in [1.54, 1.807) is 18.2 Å². The SMILES string of the molecule is COc1cc([N+](=O)[O-])ccc1S(=O)(=O)NCCc1ccc(Cl)cc1Cl. The van der Waals surface area contributed by atoms with Gasteiger partial charge in [0.05, 0.1) is 18.1 Å². The van der Waals surface area contributed by atoms with E-state index in [4.69, 9.17) is 27.9 Å². The minimum Gasteiger partial charge on any atom is -0.495 e. The molecule has 0 aliphatic rings. The predicted molar refractivity (Wildman–Crippen MR) is 95.0 cm³/mol. The second kappa shape index (κ2) is 8.01. The molecule has 2 rings (SSSR count). The van der Waals surface area contributed by atoms with E-state index in [2.05, 4.69) is 4.72 Å². The van der Waals surface area contributed by atoms with Crippen LogP contribution in [0.1, 0.15) is 5.56 Å². The van der Waals surface area contributed by atoms with Gasteiger partial charge in [0.2, 0.25) is 10.0 Å². The predicted octanol–water partition coefficient (Wildman–Crippen LogP) is 3.43. The van der Waals surface area contributed by atoms with Crippen LogP contribution in [0.25, 0.3) is 0 Å². The molecule has 0 aromatic heterocycles. The minimum atomic E-state index is -3.90. The number of benzene rings is 2. The summed E-state index contributed by atoms with van der Waals surface area (Å²) in [6.07, 6.45) is 0.352. The molecule has 0 fully saturated rings. The van der Waals surface area contributed by atoms with Crippen LogP contribution < -0.4 is 9.46 Å². The highest BCUT2D eigenvalue weighted by Crippen LogP contribution is 2.28. The number of halogens is 2. The van der Waals surface area contributed by atoms with Crippen LogP contribution in [0.3, 0.4) is 0 Å². The van der Waals surface area contributed by atoms with Gasteiger partial charge >= 0.3 is 0 Å². The van der Waals surface area contributed by atoms with Crippen molar-refractivity contribution >= 4 is 38.9 Å². The molecule has 2 aromatic rings. The van der Waals surface area contributed by atoms with Gasteiger partial charge in [-0.3, -0.25) is 10.1 Å². The van der Waals surface area contributed by atoms with Crippen LogP contribution in [0.2, 0.25) is 10.0 Å². The summed E-state index contributed by atoms with van der Waals surface area (Å²) in [4.78, 5) is 9.97. The first-order chi connectivity index (χ1) is 11.7. The van der Waals surface area contributed by atoms with Gasteiger partial charge in [0.25, 0.3) is 5.69 Å². The van der Waals surface area contributed by atoms with Gasteiger partial charge in [-0.05, 0) is 30.2 Å². The van der Waals surface area contributed by atoms with E-state index < -0.39 is 14.9 Å². The van der Waals surface area contributed by atoms with E-state index >= 15 is 0 Å². The van der Waals surface area contributed by atoms with Crippen molar-refractivity contribution in [2.24, 2.45) is 0 Å². The van der Waals surface area contributed by atoms with Gasteiger partial charge in [-0.1, -0.05) is 29.3 Å². The highest BCUT2D eigenvalue weighted by Gasteiger charge is 2.22. The number of sulfonamides is 1. The third-order valence-electron chi connectivity index (χ3n) is 3.35. The van der Waals surface area contributed by atoms with Crippen molar-refractivity contribution in [3.63, 3.8) is 0 Å². The Balaban J connectivity index is 2.15. The number of hydrogen-bond donors (Lipinski definition) is 1. The van der Waals surface area contributed by atoms with Gasteiger partial charge in [-0.15, -0.1) is 0 Å². The van der Waals surface area contributed by atoms with Crippen molar-refractivity contribution in [3.8, 4) is 5.75 Å². The maximum Gasteiger partial charge on any atom is 0.273 e. The van der Waals surface area contributed by atoms with Gasteiger partial charge < -0.3 is 4.74 Å². The molecule has 10 heteroatoms. The Morgan fingerprint density at radius 3 is 2.52 bits per heavy atom. The molecule has 0 heterocycles. The molecule has 0 bridgehead atoms. The summed E-state index contributed by atoms with van der Waals surface area (Å²) in [5, 5.41) is 11.7. The lowest BCUT2D eigenvalue weighted by Gasteiger charge is -2.11. The smallest absolute Gasteiger partial charge is 0.273 e. The number of hydrogen-bond acceptors (Lipinski definition) is 5. The largest absolute Gasteiger partial charge is 0.495 e. The van der Waals surface area contributed by atoms with Crippen molar-refractivity contribution in [2.45, 2.75) is 11.3 Å². The lowest BCUT2D eigenvalue weighted by Crippen LogP contribution is -2.26. The van der Waals surface area contributed by atoms with Gasteiger partial charge in [0.15, 0.2) is 0 Å². The minimum absolute atomic E-state index is 0.0871. The number of nitro groups is 1. The molecule has 2 aromatic carbocycles. The Labute approximate surface area is 154 Å². The van der Waals surface area contributed by atoms with E-state index in [0.717, 1.165) is 23.8 Å². The number of nitro benzene ring substituents is 1. The molecule has 0 unspecified atom stereocenters. The molecule has 0 saturated carbocycles. The van der Waals surface area contributed by atoms with Crippen LogP contribution in [0.4, 0.5) is 5.69 Å². The number of nitrogens with zero attached hydrogens (tertiary/aromatic N) is 1. The Morgan fingerprint density at radius 2 is 1.92 bits per heavy atom. The van der Waals surface area contributed by atoms with Crippen LogP contribution in [0.15, 0.2) is 41.3 Å². The van der Waals surface area contributed by atoms with E-state index in [9.17, 15) is 18.5 Å². The molecule has 0 amide bonds. The topological polar surface area (TPSA) is 98.5 Å². The molecule has 0 aliphatic carbocycles. The molecule has 7 nitrogen and oxygen atoms in total. The normalized spacial score (nSPS) is 11.3. The van der Waals surface area contributed by atoms with Crippen LogP contribution >= 0.6 is 23.2 Å². The number of methoxy groups -OCH3 is 1. The van der Waals surface area contributed by atoms with Crippen molar-refractivity contribution < 1.29 is 18.1 Å². The molecule has 0 saturated heterocycles. The monoisotopic (exact) mass is 404 g/mol. The summed E-state index contributed by atoms with van der Waals surface area (Å²) in [6.45, 7) is 0.0871. The van der Waals surface area contributed by atoms with Gasteiger partial charge in [0, 0.05) is 22.7 Å². The first-order valence-corrected chi connectivity index (χ1v) is 9.24. The highest BCUT2D eigenvalue weighted by molar-refractivity contribution is 7.89. The number of rotatable bonds is 7. The number of non-ortho nitro benzene ring substituents is 1. The Bertz CT molecular complexity index is 903. The molecule has 0 spiro atoms. The fourth-order valence-electron chi connectivity index (χ4n) is 2.11. The first-order valence-electron chi connectivity index (χ1n) is 7.00.